The average Bonchev–Trinajstić information content (AvgIpc) is 2.05. The summed E-state index contributed by atoms with van der Waals surface area (Å²) in [5, 5.41) is 4.28. The Labute approximate surface area is 60.3 Å². The molecule has 0 amide bonds. The van der Waals surface area contributed by atoms with Crippen LogP contribution in [0.5, 0.6) is 0 Å². The fourth-order valence-corrected chi connectivity index (χ4v) is 1.22. The molecule has 1 aromatic heterocycles. The Hall–Kier alpha value is -0.890. The molecule has 2 heterocycles. The van der Waals surface area contributed by atoms with E-state index in [-0.39, 0.29) is 0 Å². The molecule has 0 aromatic carbocycles. The van der Waals surface area contributed by atoms with E-state index in [9.17, 15) is 0 Å². The topological polar surface area (TPSA) is 27.0 Å². The molecule has 51 valence electrons. The maximum Gasteiger partial charge on any atom is 0.0462 e. The monoisotopic (exact) mass is 133 g/mol. The van der Waals surface area contributed by atoms with E-state index in [4.69, 9.17) is 0 Å². The second-order valence-corrected chi connectivity index (χ2v) is 2.46. The van der Waals surface area contributed by atoms with E-state index in [2.05, 4.69) is 16.4 Å². The predicted octanol–water partition coefficient (Wildman–Crippen LogP) is 0.742. The van der Waals surface area contributed by atoms with Crippen LogP contribution in [-0.2, 0) is 13.0 Å². The van der Waals surface area contributed by atoms with Crippen molar-refractivity contribution in [3.63, 3.8) is 0 Å². The highest BCUT2D eigenvalue weighted by Crippen LogP contribution is 2.09. The highest BCUT2D eigenvalue weighted by molar-refractivity contribution is 5.21. The molecule has 0 fully saturated rings. The first-order chi connectivity index (χ1) is 4.97. The number of fused-ring (bicyclic) bond motifs is 1. The third-order valence-electron chi connectivity index (χ3n) is 1.77. The van der Waals surface area contributed by atoms with E-state index < -0.39 is 0 Å². The second-order valence-electron chi connectivity index (χ2n) is 2.46. The lowest BCUT2D eigenvalue weighted by atomic mass is 10.1. The smallest absolute Gasteiger partial charge is 0.0462 e. The molecule has 0 saturated carbocycles. The van der Waals surface area contributed by atoms with Gasteiger partial charge in [0.1, 0.15) is 0 Å². The minimum absolute atomic E-state index is 0.864. The molecule has 0 atom stereocenters. The molecule has 0 N–H and O–H groups in total. The molecule has 0 saturated heterocycles. The molecule has 1 radical (unpaired) electrons. The fourth-order valence-electron chi connectivity index (χ4n) is 1.22. The summed E-state index contributed by atoms with van der Waals surface area (Å²) in [7, 11) is 0. The summed E-state index contributed by atoms with van der Waals surface area (Å²) in [6, 6.07) is 4.07. The normalized spacial score (nSPS) is 16.4. The predicted molar refractivity (Wildman–Crippen MR) is 38.6 cm³/mol. The Bertz CT molecular complexity index is 207. The SMILES string of the molecule is c1cnc2c(c1)C[N]CC2. The number of hydrogen-bond donors (Lipinski definition) is 0. The van der Waals surface area contributed by atoms with Gasteiger partial charge in [0.2, 0.25) is 0 Å². The number of aromatic nitrogens is 1. The van der Waals surface area contributed by atoms with Gasteiger partial charge in [0.05, 0.1) is 0 Å². The van der Waals surface area contributed by atoms with E-state index in [1.165, 1.54) is 11.3 Å². The molecule has 1 aliphatic heterocycles. The zero-order chi connectivity index (χ0) is 6.81. The molecule has 1 aromatic rings. The Morgan fingerprint density at radius 2 is 2.40 bits per heavy atom. The van der Waals surface area contributed by atoms with Crippen LogP contribution in [-0.4, -0.2) is 11.5 Å². The molecular weight excluding hydrogens is 124 g/mol. The zero-order valence-corrected chi connectivity index (χ0v) is 5.75. The third-order valence-corrected chi connectivity index (χ3v) is 1.77. The number of nitrogens with zero attached hydrogens (tertiary/aromatic N) is 2. The minimum atomic E-state index is 0.864. The van der Waals surface area contributed by atoms with Crippen molar-refractivity contribution in [3.8, 4) is 0 Å². The molecule has 2 nitrogen and oxygen atoms in total. The summed E-state index contributed by atoms with van der Waals surface area (Å²) in [5.74, 6) is 0. The third kappa shape index (κ3) is 0.907. The minimum Gasteiger partial charge on any atom is -0.261 e. The second kappa shape index (κ2) is 2.39. The van der Waals surface area contributed by atoms with Crippen LogP contribution in [0.15, 0.2) is 18.3 Å². The van der Waals surface area contributed by atoms with Crippen LogP contribution in [0, 0.1) is 0 Å². The van der Waals surface area contributed by atoms with Crippen molar-refractivity contribution in [2.24, 2.45) is 0 Å². The van der Waals surface area contributed by atoms with E-state index in [0.29, 0.717) is 0 Å². The summed E-state index contributed by atoms with van der Waals surface area (Å²) < 4.78 is 0. The number of hydrogen-bond acceptors (Lipinski definition) is 1. The molecule has 0 bridgehead atoms. The molecule has 2 rings (SSSR count). The van der Waals surface area contributed by atoms with Crippen molar-refractivity contribution in [2.45, 2.75) is 13.0 Å². The van der Waals surface area contributed by atoms with Crippen molar-refractivity contribution in [1.82, 2.24) is 10.3 Å². The van der Waals surface area contributed by atoms with Crippen molar-refractivity contribution < 1.29 is 0 Å². The summed E-state index contributed by atoms with van der Waals surface area (Å²) in [5.41, 5.74) is 2.53. The van der Waals surface area contributed by atoms with Gasteiger partial charge < -0.3 is 0 Å². The molecule has 10 heavy (non-hydrogen) atoms. The average molecular weight is 133 g/mol. The summed E-state index contributed by atoms with van der Waals surface area (Å²) in [6.07, 6.45) is 2.88. The van der Waals surface area contributed by atoms with Gasteiger partial charge in [0.25, 0.3) is 0 Å². The van der Waals surface area contributed by atoms with Gasteiger partial charge >= 0.3 is 0 Å². The maximum absolute atomic E-state index is 4.28. The Morgan fingerprint density at radius 1 is 1.40 bits per heavy atom. The number of pyridine rings is 1. The molecule has 0 unspecified atom stereocenters. The van der Waals surface area contributed by atoms with Crippen LogP contribution in [0.25, 0.3) is 0 Å². The fraction of sp³-hybridized carbons (Fsp3) is 0.375. The van der Waals surface area contributed by atoms with Crippen LogP contribution in [0.1, 0.15) is 11.3 Å². The van der Waals surface area contributed by atoms with Gasteiger partial charge in [-0.25, -0.2) is 5.32 Å². The van der Waals surface area contributed by atoms with Gasteiger partial charge in [-0.05, 0) is 11.6 Å². The first-order valence-corrected chi connectivity index (χ1v) is 3.53. The van der Waals surface area contributed by atoms with Gasteiger partial charge in [-0.1, -0.05) is 6.07 Å². The van der Waals surface area contributed by atoms with Crippen molar-refractivity contribution in [3.05, 3.63) is 29.6 Å². The first-order valence-electron chi connectivity index (χ1n) is 3.53. The van der Waals surface area contributed by atoms with Crippen LogP contribution in [0.4, 0.5) is 0 Å². The molecule has 2 heteroatoms. The van der Waals surface area contributed by atoms with E-state index in [1.54, 1.807) is 0 Å². The molecule has 1 aliphatic rings. The lowest BCUT2D eigenvalue weighted by Gasteiger charge is -2.12. The summed E-state index contributed by atoms with van der Waals surface area (Å²) in [4.78, 5) is 4.26. The van der Waals surface area contributed by atoms with Gasteiger partial charge in [-0.2, -0.15) is 0 Å². The standard InChI is InChI=1S/C8H9N2/c1-2-7-6-9-5-3-8(7)10-4-1/h1-2,4H,3,5-6H2. The quantitative estimate of drug-likeness (QED) is 0.513. The van der Waals surface area contributed by atoms with E-state index in [1.807, 2.05) is 12.3 Å². The van der Waals surface area contributed by atoms with E-state index in [0.717, 1.165) is 19.5 Å². The highest BCUT2D eigenvalue weighted by atomic mass is 14.9. The van der Waals surface area contributed by atoms with Gasteiger partial charge in [-0.3, -0.25) is 4.98 Å². The van der Waals surface area contributed by atoms with Crippen molar-refractivity contribution in [1.29, 1.82) is 0 Å². The van der Waals surface area contributed by atoms with Crippen LogP contribution in [0.2, 0.25) is 0 Å². The Kier molecular flexibility index (Phi) is 1.40. The largest absolute Gasteiger partial charge is 0.261 e. The number of rotatable bonds is 0. The Balaban J connectivity index is 2.41. The Morgan fingerprint density at radius 3 is 3.30 bits per heavy atom. The molecular formula is C8H9N2. The lowest BCUT2D eigenvalue weighted by Crippen LogP contribution is -2.18. The van der Waals surface area contributed by atoms with Crippen molar-refractivity contribution >= 4 is 0 Å². The summed E-state index contributed by atoms with van der Waals surface area (Å²) >= 11 is 0. The zero-order valence-electron chi connectivity index (χ0n) is 5.75. The summed E-state index contributed by atoms with van der Waals surface area (Å²) in [6.45, 7) is 1.81. The van der Waals surface area contributed by atoms with Crippen LogP contribution in [0.3, 0.4) is 0 Å². The van der Waals surface area contributed by atoms with Crippen LogP contribution < -0.4 is 5.32 Å². The lowest BCUT2D eigenvalue weighted by molar-refractivity contribution is 0.617. The highest BCUT2D eigenvalue weighted by Gasteiger charge is 2.07. The molecule has 0 aliphatic carbocycles. The molecule has 0 spiro atoms. The van der Waals surface area contributed by atoms with Gasteiger partial charge in [-0.15, -0.1) is 0 Å². The van der Waals surface area contributed by atoms with Crippen molar-refractivity contribution in [2.75, 3.05) is 6.54 Å². The van der Waals surface area contributed by atoms with Gasteiger partial charge in [0, 0.05) is 31.4 Å². The van der Waals surface area contributed by atoms with E-state index >= 15 is 0 Å². The van der Waals surface area contributed by atoms with Gasteiger partial charge in [0.15, 0.2) is 0 Å². The van der Waals surface area contributed by atoms with Crippen LogP contribution >= 0.6 is 0 Å². The first kappa shape index (κ1) is 5.86. The maximum atomic E-state index is 4.28.